The van der Waals surface area contributed by atoms with E-state index >= 15 is 0 Å². The van der Waals surface area contributed by atoms with Crippen LogP contribution in [0.25, 0.3) is 0 Å². The summed E-state index contributed by atoms with van der Waals surface area (Å²) in [6.45, 7) is 2.62. The van der Waals surface area contributed by atoms with Crippen molar-refractivity contribution in [2.75, 3.05) is 45.9 Å². The van der Waals surface area contributed by atoms with E-state index in [0.717, 1.165) is 31.2 Å². The van der Waals surface area contributed by atoms with Gasteiger partial charge in [-0.2, -0.15) is 4.98 Å². The number of ether oxygens (including phenoxy) is 3. The highest BCUT2D eigenvalue weighted by atomic mass is 16.5. The number of hydrogen-bond acceptors (Lipinski definition) is 6. The fourth-order valence-corrected chi connectivity index (χ4v) is 1.79. The third kappa shape index (κ3) is 4.94. The van der Waals surface area contributed by atoms with Crippen molar-refractivity contribution < 1.29 is 14.2 Å². The summed E-state index contributed by atoms with van der Waals surface area (Å²) in [4.78, 5) is 9.01. The first-order valence-corrected chi connectivity index (χ1v) is 7.07. The van der Waals surface area contributed by atoms with Crippen LogP contribution in [0.2, 0.25) is 0 Å². The molecule has 0 radical (unpaired) electrons. The monoisotopic (exact) mass is 281 g/mol. The number of nitrogens with zero attached hydrogens (tertiary/aromatic N) is 2. The zero-order valence-corrected chi connectivity index (χ0v) is 12.2. The maximum absolute atomic E-state index is 5.59. The van der Waals surface area contributed by atoms with E-state index in [-0.39, 0.29) is 0 Å². The van der Waals surface area contributed by atoms with Gasteiger partial charge in [-0.05, 0) is 19.3 Å². The smallest absolute Gasteiger partial charge is 0.218 e. The predicted molar refractivity (Wildman–Crippen MR) is 76.4 cm³/mol. The Bertz CT molecular complexity index is 411. The Kier molecular flexibility index (Phi) is 6.01. The second-order valence-corrected chi connectivity index (χ2v) is 4.84. The van der Waals surface area contributed by atoms with E-state index in [9.17, 15) is 0 Å². The standard InChI is InChI=1S/C14H23N3O3/c1-18-7-3-6-15-12-10-13(20-9-8-19-2)17-14(16-12)11-4-5-11/h10-11H,3-9H2,1-2H3,(H,15,16,17). The van der Waals surface area contributed by atoms with Crippen molar-refractivity contribution in [1.29, 1.82) is 0 Å². The number of rotatable bonds is 10. The van der Waals surface area contributed by atoms with Gasteiger partial charge in [0.2, 0.25) is 5.88 Å². The fraction of sp³-hybridized carbons (Fsp3) is 0.714. The molecule has 0 aliphatic heterocycles. The first kappa shape index (κ1) is 15.0. The van der Waals surface area contributed by atoms with Crippen LogP contribution >= 0.6 is 0 Å². The lowest BCUT2D eigenvalue weighted by Gasteiger charge is -2.10. The molecule has 20 heavy (non-hydrogen) atoms. The van der Waals surface area contributed by atoms with Gasteiger partial charge in [-0.3, -0.25) is 0 Å². The van der Waals surface area contributed by atoms with Gasteiger partial charge in [-0.15, -0.1) is 0 Å². The van der Waals surface area contributed by atoms with E-state index in [2.05, 4.69) is 15.3 Å². The van der Waals surface area contributed by atoms with Gasteiger partial charge < -0.3 is 19.5 Å². The molecule has 0 saturated heterocycles. The van der Waals surface area contributed by atoms with Crippen LogP contribution in [0.1, 0.15) is 31.0 Å². The van der Waals surface area contributed by atoms with E-state index in [1.165, 1.54) is 12.8 Å². The van der Waals surface area contributed by atoms with Crippen molar-refractivity contribution in [1.82, 2.24) is 9.97 Å². The number of anilines is 1. The highest BCUT2D eigenvalue weighted by Crippen LogP contribution is 2.39. The zero-order chi connectivity index (χ0) is 14.2. The Labute approximate surface area is 119 Å². The molecule has 1 saturated carbocycles. The molecule has 0 amide bonds. The molecular weight excluding hydrogens is 258 g/mol. The van der Waals surface area contributed by atoms with E-state index in [0.29, 0.717) is 25.0 Å². The van der Waals surface area contributed by atoms with Crippen LogP contribution < -0.4 is 10.1 Å². The quantitative estimate of drug-likeness (QED) is 0.660. The van der Waals surface area contributed by atoms with Crippen molar-refractivity contribution in [3.05, 3.63) is 11.9 Å². The molecule has 0 unspecified atom stereocenters. The van der Waals surface area contributed by atoms with Crippen molar-refractivity contribution in [2.24, 2.45) is 0 Å². The van der Waals surface area contributed by atoms with E-state index in [1.807, 2.05) is 6.07 Å². The van der Waals surface area contributed by atoms with Gasteiger partial charge in [-0.1, -0.05) is 0 Å². The van der Waals surface area contributed by atoms with E-state index in [4.69, 9.17) is 14.2 Å². The Balaban J connectivity index is 1.94. The predicted octanol–water partition coefficient (Wildman–Crippen LogP) is 1.83. The summed E-state index contributed by atoms with van der Waals surface area (Å²) in [5, 5.41) is 3.29. The minimum absolute atomic E-state index is 0.500. The number of hydrogen-bond donors (Lipinski definition) is 1. The summed E-state index contributed by atoms with van der Waals surface area (Å²) in [5.41, 5.74) is 0. The Morgan fingerprint density at radius 2 is 1.95 bits per heavy atom. The topological polar surface area (TPSA) is 65.5 Å². The van der Waals surface area contributed by atoms with Crippen LogP contribution in [0.3, 0.4) is 0 Å². The van der Waals surface area contributed by atoms with Gasteiger partial charge in [0.1, 0.15) is 18.2 Å². The molecule has 0 aromatic carbocycles. The summed E-state index contributed by atoms with van der Waals surface area (Å²) >= 11 is 0. The highest BCUT2D eigenvalue weighted by molar-refractivity contribution is 5.39. The molecule has 112 valence electrons. The summed E-state index contributed by atoms with van der Waals surface area (Å²) in [5.74, 6) is 2.83. The third-order valence-electron chi connectivity index (χ3n) is 3.03. The lowest BCUT2D eigenvalue weighted by molar-refractivity contribution is 0.143. The minimum atomic E-state index is 0.500. The van der Waals surface area contributed by atoms with Crippen LogP contribution in [-0.4, -0.2) is 50.6 Å². The van der Waals surface area contributed by atoms with Gasteiger partial charge >= 0.3 is 0 Å². The maximum atomic E-state index is 5.59. The summed E-state index contributed by atoms with van der Waals surface area (Å²) in [6, 6.07) is 1.84. The lowest BCUT2D eigenvalue weighted by atomic mass is 10.3. The largest absolute Gasteiger partial charge is 0.475 e. The normalized spacial score (nSPS) is 14.3. The Hall–Kier alpha value is -1.40. The second kappa shape index (κ2) is 8.01. The number of aromatic nitrogens is 2. The fourth-order valence-electron chi connectivity index (χ4n) is 1.79. The summed E-state index contributed by atoms with van der Waals surface area (Å²) < 4.78 is 15.6. The van der Waals surface area contributed by atoms with Gasteiger partial charge in [0, 0.05) is 39.4 Å². The van der Waals surface area contributed by atoms with Crippen LogP contribution in [0, 0.1) is 0 Å². The maximum Gasteiger partial charge on any atom is 0.218 e. The molecule has 1 aromatic heterocycles. The molecule has 1 aliphatic carbocycles. The Morgan fingerprint density at radius 3 is 2.65 bits per heavy atom. The molecule has 2 rings (SSSR count). The molecular formula is C14H23N3O3. The van der Waals surface area contributed by atoms with Gasteiger partial charge in [0.15, 0.2) is 0 Å². The first-order chi connectivity index (χ1) is 9.83. The van der Waals surface area contributed by atoms with Gasteiger partial charge in [0.25, 0.3) is 0 Å². The molecule has 6 heteroatoms. The van der Waals surface area contributed by atoms with E-state index in [1.54, 1.807) is 14.2 Å². The van der Waals surface area contributed by atoms with Gasteiger partial charge in [0.05, 0.1) is 6.61 Å². The van der Waals surface area contributed by atoms with Crippen molar-refractivity contribution in [2.45, 2.75) is 25.2 Å². The SMILES string of the molecule is COCCCNc1cc(OCCOC)nc(C2CC2)n1. The van der Waals surface area contributed by atoms with Crippen LogP contribution in [-0.2, 0) is 9.47 Å². The first-order valence-electron chi connectivity index (χ1n) is 7.07. The van der Waals surface area contributed by atoms with Crippen molar-refractivity contribution in [3.63, 3.8) is 0 Å². The molecule has 0 bridgehead atoms. The summed E-state index contributed by atoms with van der Waals surface area (Å²) in [6.07, 6.45) is 3.29. The Morgan fingerprint density at radius 1 is 1.15 bits per heavy atom. The second-order valence-electron chi connectivity index (χ2n) is 4.84. The van der Waals surface area contributed by atoms with Crippen molar-refractivity contribution >= 4 is 5.82 Å². The molecule has 0 atom stereocenters. The molecule has 1 aromatic rings. The molecule has 6 nitrogen and oxygen atoms in total. The number of nitrogens with one attached hydrogen (secondary N) is 1. The number of methoxy groups -OCH3 is 2. The zero-order valence-electron chi connectivity index (χ0n) is 12.2. The average Bonchev–Trinajstić information content (AvgIpc) is 3.28. The molecule has 1 fully saturated rings. The molecule has 1 heterocycles. The van der Waals surface area contributed by atoms with Gasteiger partial charge in [-0.25, -0.2) is 4.98 Å². The van der Waals surface area contributed by atoms with Crippen LogP contribution in [0.4, 0.5) is 5.82 Å². The van der Waals surface area contributed by atoms with Crippen LogP contribution in [0.15, 0.2) is 6.07 Å². The average molecular weight is 281 g/mol. The lowest BCUT2D eigenvalue weighted by Crippen LogP contribution is -2.10. The van der Waals surface area contributed by atoms with Crippen LogP contribution in [0.5, 0.6) is 5.88 Å². The molecule has 1 aliphatic rings. The minimum Gasteiger partial charge on any atom is -0.475 e. The molecule has 0 spiro atoms. The van der Waals surface area contributed by atoms with E-state index < -0.39 is 0 Å². The highest BCUT2D eigenvalue weighted by Gasteiger charge is 2.27. The summed E-state index contributed by atoms with van der Waals surface area (Å²) in [7, 11) is 3.36. The van der Waals surface area contributed by atoms with Crippen molar-refractivity contribution in [3.8, 4) is 5.88 Å². The third-order valence-corrected chi connectivity index (χ3v) is 3.03. The molecule has 1 N–H and O–H groups in total.